The summed E-state index contributed by atoms with van der Waals surface area (Å²) in [5.41, 5.74) is 3.52. The standard InChI is InChI=1S/C23H16ClN3O4/c24-17-8-10-20(21(13-17)27(29)30)22-11-9-18(31-22)14-25-26-23(28)12-16-6-3-5-15-4-1-2-7-19(15)16/h1-11,13-14H,12H2,(H,26,28)/b25-14-. The molecule has 1 aromatic heterocycles. The highest BCUT2D eigenvalue weighted by Crippen LogP contribution is 2.33. The van der Waals surface area contributed by atoms with Gasteiger partial charge in [0, 0.05) is 11.1 Å². The predicted molar refractivity (Wildman–Crippen MR) is 119 cm³/mol. The van der Waals surface area contributed by atoms with E-state index >= 15 is 0 Å². The van der Waals surface area contributed by atoms with Gasteiger partial charge in [0.25, 0.3) is 5.69 Å². The second-order valence-electron chi connectivity index (χ2n) is 6.73. The van der Waals surface area contributed by atoms with E-state index < -0.39 is 4.92 Å². The lowest BCUT2D eigenvalue weighted by molar-refractivity contribution is -0.384. The van der Waals surface area contributed by atoms with Crippen LogP contribution in [-0.4, -0.2) is 17.0 Å². The quantitative estimate of drug-likeness (QED) is 0.251. The predicted octanol–water partition coefficient (Wildman–Crippen LogP) is 5.35. The number of hydrazone groups is 1. The van der Waals surface area contributed by atoms with E-state index in [-0.39, 0.29) is 23.0 Å². The number of hydrogen-bond donors (Lipinski definition) is 1. The van der Waals surface area contributed by atoms with Crippen molar-refractivity contribution in [1.29, 1.82) is 0 Å². The van der Waals surface area contributed by atoms with Gasteiger partial charge in [0.1, 0.15) is 11.5 Å². The Morgan fingerprint density at radius 1 is 1.10 bits per heavy atom. The normalized spacial score (nSPS) is 11.1. The zero-order valence-corrected chi connectivity index (χ0v) is 16.9. The Morgan fingerprint density at radius 2 is 1.90 bits per heavy atom. The molecule has 0 fully saturated rings. The number of nitro groups is 1. The molecule has 0 spiro atoms. The van der Waals surface area contributed by atoms with Crippen molar-refractivity contribution < 1.29 is 14.1 Å². The number of rotatable bonds is 6. The first-order chi connectivity index (χ1) is 15.0. The molecule has 1 heterocycles. The first-order valence-corrected chi connectivity index (χ1v) is 9.72. The number of nitro benzene ring substituents is 1. The van der Waals surface area contributed by atoms with E-state index in [1.807, 2.05) is 42.5 Å². The lowest BCUT2D eigenvalue weighted by Gasteiger charge is -2.05. The molecule has 8 heteroatoms. The second kappa shape index (κ2) is 8.81. The van der Waals surface area contributed by atoms with Gasteiger partial charge < -0.3 is 4.42 Å². The first-order valence-electron chi connectivity index (χ1n) is 9.34. The first kappa shape index (κ1) is 20.3. The molecule has 1 amide bonds. The molecule has 31 heavy (non-hydrogen) atoms. The summed E-state index contributed by atoms with van der Waals surface area (Å²) in [5, 5.41) is 17.5. The molecule has 0 aliphatic heterocycles. The van der Waals surface area contributed by atoms with Gasteiger partial charge in [-0.3, -0.25) is 14.9 Å². The highest BCUT2D eigenvalue weighted by atomic mass is 35.5. The number of carbonyl (C=O) groups excluding carboxylic acids is 1. The Balaban J connectivity index is 1.44. The maximum atomic E-state index is 12.3. The fourth-order valence-electron chi connectivity index (χ4n) is 3.26. The third kappa shape index (κ3) is 4.62. The van der Waals surface area contributed by atoms with Crippen LogP contribution in [0.15, 0.2) is 82.3 Å². The van der Waals surface area contributed by atoms with Gasteiger partial charge in [-0.05, 0) is 40.6 Å². The molecule has 0 saturated heterocycles. The molecule has 4 rings (SSSR count). The summed E-state index contributed by atoms with van der Waals surface area (Å²) in [6, 6.07) is 21.2. The minimum atomic E-state index is -0.523. The molecule has 0 radical (unpaired) electrons. The van der Waals surface area contributed by atoms with Crippen LogP contribution in [-0.2, 0) is 11.2 Å². The van der Waals surface area contributed by atoms with Crippen LogP contribution in [0.2, 0.25) is 5.02 Å². The minimum Gasteiger partial charge on any atom is -0.455 e. The van der Waals surface area contributed by atoms with E-state index in [4.69, 9.17) is 16.0 Å². The van der Waals surface area contributed by atoms with Crippen molar-refractivity contribution in [2.24, 2.45) is 5.10 Å². The molecule has 0 saturated carbocycles. The van der Waals surface area contributed by atoms with Gasteiger partial charge in [-0.2, -0.15) is 5.10 Å². The average molecular weight is 434 g/mol. The lowest BCUT2D eigenvalue weighted by atomic mass is 10.0. The third-order valence-electron chi connectivity index (χ3n) is 4.66. The molecule has 1 N–H and O–H groups in total. The minimum absolute atomic E-state index is 0.159. The van der Waals surface area contributed by atoms with E-state index in [1.54, 1.807) is 18.2 Å². The van der Waals surface area contributed by atoms with E-state index in [9.17, 15) is 14.9 Å². The molecular formula is C23H16ClN3O4. The van der Waals surface area contributed by atoms with Crippen LogP contribution in [0, 0.1) is 10.1 Å². The summed E-state index contributed by atoms with van der Waals surface area (Å²) >= 11 is 5.85. The number of nitrogens with zero attached hydrogens (tertiary/aromatic N) is 2. The van der Waals surface area contributed by atoms with Crippen molar-refractivity contribution in [3.05, 3.63) is 99.3 Å². The number of furan rings is 1. The van der Waals surface area contributed by atoms with Crippen molar-refractivity contribution in [2.45, 2.75) is 6.42 Å². The largest absolute Gasteiger partial charge is 0.455 e. The molecule has 0 unspecified atom stereocenters. The smallest absolute Gasteiger partial charge is 0.281 e. The van der Waals surface area contributed by atoms with Gasteiger partial charge >= 0.3 is 0 Å². The van der Waals surface area contributed by atoms with Crippen molar-refractivity contribution in [3.8, 4) is 11.3 Å². The SMILES string of the molecule is O=C(Cc1cccc2ccccc12)N/N=C\c1ccc(-c2ccc(Cl)cc2[N+](=O)[O-])o1. The number of carbonyl (C=O) groups is 1. The highest BCUT2D eigenvalue weighted by molar-refractivity contribution is 6.30. The summed E-state index contributed by atoms with van der Waals surface area (Å²) < 4.78 is 5.61. The molecular weight excluding hydrogens is 418 g/mol. The van der Waals surface area contributed by atoms with Gasteiger partial charge in [0.15, 0.2) is 0 Å². The Morgan fingerprint density at radius 3 is 2.74 bits per heavy atom. The van der Waals surface area contributed by atoms with Crippen molar-refractivity contribution in [1.82, 2.24) is 5.43 Å². The molecule has 0 aliphatic rings. The van der Waals surface area contributed by atoms with E-state index in [1.165, 1.54) is 18.3 Å². The molecule has 3 aromatic carbocycles. The molecule has 7 nitrogen and oxygen atoms in total. The van der Waals surface area contributed by atoms with E-state index in [0.29, 0.717) is 17.1 Å². The van der Waals surface area contributed by atoms with Crippen LogP contribution in [0.25, 0.3) is 22.1 Å². The van der Waals surface area contributed by atoms with Gasteiger partial charge in [0.2, 0.25) is 5.91 Å². The number of amides is 1. The summed E-state index contributed by atoms with van der Waals surface area (Å²) in [6.45, 7) is 0. The van der Waals surface area contributed by atoms with E-state index in [0.717, 1.165) is 16.3 Å². The second-order valence-corrected chi connectivity index (χ2v) is 7.17. The zero-order valence-electron chi connectivity index (χ0n) is 16.1. The number of halogens is 1. The van der Waals surface area contributed by atoms with Crippen LogP contribution in [0.4, 0.5) is 5.69 Å². The zero-order chi connectivity index (χ0) is 21.8. The van der Waals surface area contributed by atoms with Crippen molar-refractivity contribution in [3.63, 3.8) is 0 Å². The average Bonchev–Trinajstić information content (AvgIpc) is 3.22. The maximum Gasteiger partial charge on any atom is 0.281 e. The fraction of sp³-hybridized carbons (Fsp3) is 0.0435. The molecule has 0 atom stereocenters. The number of fused-ring (bicyclic) bond motifs is 1. The van der Waals surface area contributed by atoms with Gasteiger partial charge in [-0.1, -0.05) is 54.1 Å². The Hall–Kier alpha value is -3.97. The van der Waals surface area contributed by atoms with Crippen LogP contribution in [0.1, 0.15) is 11.3 Å². The van der Waals surface area contributed by atoms with Crippen molar-refractivity contribution >= 4 is 40.2 Å². The lowest BCUT2D eigenvalue weighted by Crippen LogP contribution is -2.19. The maximum absolute atomic E-state index is 12.3. The molecule has 4 aromatic rings. The molecule has 0 aliphatic carbocycles. The molecule has 0 bridgehead atoms. The summed E-state index contributed by atoms with van der Waals surface area (Å²) in [7, 11) is 0. The van der Waals surface area contributed by atoms with Crippen molar-refractivity contribution in [2.75, 3.05) is 0 Å². The monoisotopic (exact) mass is 433 g/mol. The number of hydrogen-bond acceptors (Lipinski definition) is 5. The van der Waals surface area contributed by atoms with Crippen LogP contribution >= 0.6 is 11.6 Å². The van der Waals surface area contributed by atoms with Crippen LogP contribution in [0.5, 0.6) is 0 Å². The molecule has 154 valence electrons. The van der Waals surface area contributed by atoms with Gasteiger partial charge in [-0.25, -0.2) is 5.43 Å². The number of nitrogens with one attached hydrogen (secondary N) is 1. The van der Waals surface area contributed by atoms with Gasteiger partial charge in [0.05, 0.1) is 23.1 Å². The Kier molecular flexibility index (Phi) is 5.77. The van der Waals surface area contributed by atoms with Crippen LogP contribution < -0.4 is 5.43 Å². The van der Waals surface area contributed by atoms with Crippen LogP contribution in [0.3, 0.4) is 0 Å². The Bertz CT molecular complexity index is 1310. The number of benzene rings is 3. The van der Waals surface area contributed by atoms with E-state index in [2.05, 4.69) is 10.5 Å². The van der Waals surface area contributed by atoms with Gasteiger partial charge in [-0.15, -0.1) is 0 Å². The summed E-state index contributed by atoms with van der Waals surface area (Å²) in [6.07, 6.45) is 1.52. The topological polar surface area (TPSA) is 97.7 Å². The Labute approximate surface area is 182 Å². The fourth-order valence-corrected chi connectivity index (χ4v) is 3.42. The summed E-state index contributed by atoms with van der Waals surface area (Å²) in [5.74, 6) is 0.365. The third-order valence-corrected chi connectivity index (χ3v) is 4.90. The highest BCUT2D eigenvalue weighted by Gasteiger charge is 2.18. The summed E-state index contributed by atoms with van der Waals surface area (Å²) in [4.78, 5) is 23.0.